The summed E-state index contributed by atoms with van der Waals surface area (Å²) in [5.41, 5.74) is 3.94. The van der Waals surface area contributed by atoms with Crippen molar-refractivity contribution in [3.05, 3.63) is 84.3 Å². The molecular weight excluding hydrogens is 378 g/mol. The highest BCUT2D eigenvalue weighted by molar-refractivity contribution is 5.89. The average Bonchev–Trinajstić information content (AvgIpc) is 3.45. The number of rotatable bonds is 5. The molecule has 0 amide bonds. The zero-order chi connectivity index (χ0) is 20.3. The van der Waals surface area contributed by atoms with E-state index in [-0.39, 0.29) is 0 Å². The standard InChI is InChI=1S/C24H17N3O3/c1-28-18-13-11-17(12-14-18)23-26-27-24(30-23)19-8-5-9-20-22(19)25-21(29-20)15-10-16-6-3-2-4-7-16/h2-15H,1H3/b15-10+. The Balaban J connectivity index is 1.48. The van der Waals surface area contributed by atoms with Crippen molar-refractivity contribution in [2.24, 2.45) is 0 Å². The van der Waals surface area contributed by atoms with Crippen molar-refractivity contribution in [1.29, 1.82) is 0 Å². The summed E-state index contributed by atoms with van der Waals surface area (Å²) < 4.78 is 17.0. The highest BCUT2D eigenvalue weighted by Gasteiger charge is 2.16. The van der Waals surface area contributed by atoms with Crippen molar-refractivity contribution in [3.63, 3.8) is 0 Å². The molecule has 6 heteroatoms. The van der Waals surface area contributed by atoms with Gasteiger partial charge in [-0.25, -0.2) is 4.98 Å². The van der Waals surface area contributed by atoms with Crippen LogP contribution in [-0.4, -0.2) is 22.3 Å². The summed E-state index contributed by atoms with van der Waals surface area (Å²) in [5.74, 6) is 2.09. The Hall–Kier alpha value is -4.19. The molecule has 0 aliphatic carbocycles. The largest absolute Gasteiger partial charge is 0.497 e. The van der Waals surface area contributed by atoms with E-state index in [1.54, 1.807) is 7.11 Å². The van der Waals surface area contributed by atoms with E-state index in [0.717, 1.165) is 22.4 Å². The molecule has 0 saturated heterocycles. The van der Waals surface area contributed by atoms with Crippen molar-refractivity contribution < 1.29 is 13.6 Å². The maximum Gasteiger partial charge on any atom is 0.250 e. The molecule has 30 heavy (non-hydrogen) atoms. The van der Waals surface area contributed by atoms with Gasteiger partial charge >= 0.3 is 0 Å². The minimum Gasteiger partial charge on any atom is -0.497 e. The molecule has 146 valence electrons. The zero-order valence-electron chi connectivity index (χ0n) is 16.1. The second-order valence-electron chi connectivity index (χ2n) is 6.59. The Morgan fingerprint density at radius 1 is 0.767 bits per heavy atom. The molecule has 6 nitrogen and oxygen atoms in total. The SMILES string of the molecule is COc1ccc(-c2nnc(-c3cccc4oc(/C=C/c5ccccc5)nc34)o2)cc1. The fraction of sp³-hybridized carbons (Fsp3) is 0.0417. The Bertz CT molecular complexity index is 1320. The van der Waals surface area contributed by atoms with E-state index in [2.05, 4.69) is 15.2 Å². The van der Waals surface area contributed by atoms with Crippen molar-refractivity contribution in [2.45, 2.75) is 0 Å². The molecule has 0 atom stereocenters. The number of oxazole rings is 1. The van der Waals surface area contributed by atoms with Crippen molar-refractivity contribution in [3.8, 4) is 28.7 Å². The number of ether oxygens (including phenoxy) is 1. The van der Waals surface area contributed by atoms with Crippen LogP contribution in [0.25, 0.3) is 46.2 Å². The van der Waals surface area contributed by atoms with Crippen LogP contribution in [0.15, 0.2) is 81.6 Å². The Labute approximate surface area is 172 Å². The summed E-state index contributed by atoms with van der Waals surface area (Å²) in [4.78, 5) is 4.61. The number of para-hydroxylation sites is 1. The topological polar surface area (TPSA) is 74.2 Å². The predicted octanol–water partition coefficient (Wildman–Crippen LogP) is 5.72. The van der Waals surface area contributed by atoms with Crippen LogP contribution < -0.4 is 4.74 Å². The molecule has 0 aliphatic rings. The first kappa shape index (κ1) is 17.9. The third kappa shape index (κ3) is 3.46. The molecule has 0 spiro atoms. The highest BCUT2D eigenvalue weighted by atomic mass is 16.5. The second kappa shape index (κ2) is 7.67. The first-order valence-corrected chi connectivity index (χ1v) is 9.41. The van der Waals surface area contributed by atoms with Crippen molar-refractivity contribution >= 4 is 23.3 Å². The molecule has 5 rings (SSSR count). The molecular formula is C24H17N3O3. The van der Waals surface area contributed by atoms with E-state index in [9.17, 15) is 0 Å². The van der Waals surface area contributed by atoms with Crippen LogP contribution in [-0.2, 0) is 0 Å². The first-order chi connectivity index (χ1) is 14.8. The Kier molecular flexibility index (Phi) is 4.57. The summed E-state index contributed by atoms with van der Waals surface area (Å²) >= 11 is 0. The maximum absolute atomic E-state index is 5.91. The minimum atomic E-state index is 0.387. The van der Waals surface area contributed by atoms with E-state index in [0.29, 0.717) is 28.8 Å². The molecule has 0 saturated carbocycles. The van der Waals surface area contributed by atoms with Gasteiger partial charge in [-0.15, -0.1) is 10.2 Å². The third-order valence-corrected chi connectivity index (χ3v) is 4.65. The van der Waals surface area contributed by atoms with Gasteiger partial charge in [0.2, 0.25) is 17.7 Å². The summed E-state index contributed by atoms with van der Waals surface area (Å²) in [6.07, 6.45) is 3.80. The molecule has 0 radical (unpaired) electrons. The zero-order valence-corrected chi connectivity index (χ0v) is 16.1. The van der Waals surface area contributed by atoms with E-state index in [1.165, 1.54) is 0 Å². The van der Waals surface area contributed by atoms with E-state index >= 15 is 0 Å². The fourth-order valence-corrected chi connectivity index (χ4v) is 3.12. The van der Waals surface area contributed by atoms with E-state index in [1.807, 2.05) is 84.9 Å². The Morgan fingerprint density at radius 2 is 1.57 bits per heavy atom. The van der Waals surface area contributed by atoms with Crippen LogP contribution in [0.5, 0.6) is 5.75 Å². The van der Waals surface area contributed by atoms with E-state index < -0.39 is 0 Å². The number of aromatic nitrogens is 3. The van der Waals surface area contributed by atoms with Crippen molar-refractivity contribution in [2.75, 3.05) is 7.11 Å². The number of fused-ring (bicyclic) bond motifs is 1. The molecule has 5 aromatic rings. The lowest BCUT2D eigenvalue weighted by Gasteiger charge is -1.99. The van der Waals surface area contributed by atoms with Gasteiger partial charge in [-0.1, -0.05) is 36.4 Å². The highest BCUT2D eigenvalue weighted by Crippen LogP contribution is 2.30. The molecule has 3 aromatic carbocycles. The van der Waals surface area contributed by atoms with Gasteiger partial charge in [0, 0.05) is 11.6 Å². The predicted molar refractivity (Wildman–Crippen MR) is 115 cm³/mol. The van der Waals surface area contributed by atoms with Crippen LogP contribution in [0.3, 0.4) is 0 Å². The third-order valence-electron chi connectivity index (χ3n) is 4.65. The molecule has 2 aromatic heterocycles. The van der Waals surface area contributed by atoms with Gasteiger partial charge in [0.15, 0.2) is 5.58 Å². The molecule has 0 bridgehead atoms. The maximum atomic E-state index is 5.91. The minimum absolute atomic E-state index is 0.387. The van der Waals surface area contributed by atoms with Crippen LogP contribution >= 0.6 is 0 Å². The quantitative estimate of drug-likeness (QED) is 0.379. The fourth-order valence-electron chi connectivity index (χ4n) is 3.12. The van der Waals surface area contributed by atoms with Gasteiger partial charge in [0.05, 0.1) is 12.7 Å². The van der Waals surface area contributed by atoms with Gasteiger partial charge < -0.3 is 13.6 Å². The number of hydrogen-bond donors (Lipinski definition) is 0. The monoisotopic (exact) mass is 395 g/mol. The normalized spacial score (nSPS) is 11.4. The molecule has 0 aliphatic heterocycles. The van der Waals surface area contributed by atoms with Gasteiger partial charge in [-0.05, 0) is 48.0 Å². The summed E-state index contributed by atoms with van der Waals surface area (Å²) in [7, 11) is 1.63. The van der Waals surface area contributed by atoms with Crippen LogP contribution in [0, 0.1) is 0 Å². The van der Waals surface area contributed by atoms with Crippen LogP contribution in [0.4, 0.5) is 0 Å². The van der Waals surface area contributed by atoms with Gasteiger partial charge in [0.25, 0.3) is 0 Å². The first-order valence-electron chi connectivity index (χ1n) is 9.41. The van der Waals surface area contributed by atoms with Gasteiger partial charge in [-0.3, -0.25) is 0 Å². The number of nitrogens with zero attached hydrogens (tertiary/aromatic N) is 3. The number of benzene rings is 3. The van der Waals surface area contributed by atoms with Gasteiger partial charge in [-0.2, -0.15) is 0 Å². The Morgan fingerprint density at radius 3 is 2.37 bits per heavy atom. The van der Waals surface area contributed by atoms with Gasteiger partial charge in [0.1, 0.15) is 11.3 Å². The summed E-state index contributed by atoms with van der Waals surface area (Å²) in [6.45, 7) is 0. The van der Waals surface area contributed by atoms with Crippen LogP contribution in [0.1, 0.15) is 11.5 Å². The lowest BCUT2D eigenvalue weighted by atomic mass is 10.2. The summed E-state index contributed by atoms with van der Waals surface area (Å²) in [6, 6.07) is 23.1. The average molecular weight is 395 g/mol. The molecule has 2 heterocycles. The summed E-state index contributed by atoms with van der Waals surface area (Å²) in [5, 5.41) is 8.39. The van der Waals surface area contributed by atoms with Crippen molar-refractivity contribution in [1.82, 2.24) is 15.2 Å². The lowest BCUT2D eigenvalue weighted by Crippen LogP contribution is -1.82. The smallest absolute Gasteiger partial charge is 0.250 e. The van der Waals surface area contributed by atoms with E-state index in [4.69, 9.17) is 13.6 Å². The second-order valence-corrected chi connectivity index (χ2v) is 6.59. The number of methoxy groups -OCH3 is 1. The molecule has 0 N–H and O–H groups in total. The molecule has 0 fully saturated rings. The number of hydrogen-bond acceptors (Lipinski definition) is 6. The van der Waals surface area contributed by atoms with Crippen LogP contribution in [0.2, 0.25) is 0 Å². The lowest BCUT2D eigenvalue weighted by molar-refractivity contribution is 0.415. The molecule has 0 unspecified atom stereocenters.